The third-order valence-electron chi connectivity index (χ3n) is 4.98. The molecule has 6 nitrogen and oxygen atoms in total. The Bertz CT molecular complexity index is 831. The predicted octanol–water partition coefficient (Wildman–Crippen LogP) is 5.07. The molecule has 0 saturated carbocycles. The Morgan fingerprint density at radius 2 is 1.90 bits per heavy atom. The van der Waals surface area contributed by atoms with Crippen LogP contribution in [0, 0.1) is 12.8 Å². The van der Waals surface area contributed by atoms with Crippen LogP contribution >= 0.6 is 15.9 Å². The van der Waals surface area contributed by atoms with Gasteiger partial charge in [-0.05, 0) is 66.4 Å². The summed E-state index contributed by atoms with van der Waals surface area (Å²) >= 11 is 3.42. The first-order valence-electron chi connectivity index (χ1n) is 10.2. The van der Waals surface area contributed by atoms with E-state index in [-0.39, 0.29) is 11.6 Å². The Morgan fingerprint density at radius 3 is 2.48 bits per heavy atom. The lowest BCUT2D eigenvalue weighted by molar-refractivity contribution is 0.0517. The van der Waals surface area contributed by atoms with E-state index in [0.717, 1.165) is 24.2 Å². The number of rotatable bonds is 10. The number of ether oxygens (including phenoxy) is 1. The van der Waals surface area contributed by atoms with Crippen LogP contribution in [0.3, 0.4) is 0 Å². The van der Waals surface area contributed by atoms with E-state index in [1.54, 1.807) is 23.7 Å². The highest BCUT2D eigenvalue weighted by Gasteiger charge is 2.21. The first kappa shape index (κ1) is 23.1. The maximum absolute atomic E-state index is 12.5. The van der Waals surface area contributed by atoms with E-state index in [2.05, 4.69) is 40.2 Å². The van der Waals surface area contributed by atoms with Crippen molar-refractivity contribution >= 4 is 27.8 Å². The van der Waals surface area contributed by atoms with Crippen molar-refractivity contribution in [2.45, 2.75) is 53.4 Å². The summed E-state index contributed by atoms with van der Waals surface area (Å²) in [7, 11) is 0. The number of hydrogen-bond acceptors (Lipinski definition) is 4. The predicted molar refractivity (Wildman–Crippen MR) is 118 cm³/mol. The summed E-state index contributed by atoms with van der Waals surface area (Å²) in [4.78, 5) is 24.5. The van der Waals surface area contributed by atoms with Gasteiger partial charge in [-0.15, -0.1) is 0 Å². The smallest absolute Gasteiger partial charge is 0.360 e. The van der Waals surface area contributed by atoms with Crippen LogP contribution in [0.1, 0.15) is 73.0 Å². The number of nitrogens with zero attached hydrogens (tertiary/aromatic N) is 2. The van der Waals surface area contributed by atoms with E-state index >= 15 is 0 Å². The van der Waals surface area contributed by atoms with Gasteiger partial charge in [0.2, 0.25) is 0 Å². The van der Waals surface area contributed by atoms with E-state index in [1.165, 1.54) is 12.8 Å². The average Bonchev–Trinajstić information content (AvgIpc) is 3.03. The number of aromatic nitrogens is 2. The van der Waals surface area contributed by atoms with Crippen molar-refractivity contribution in [1.82, 2.24) is 15.1 Å². The van der Waals surface area contributed by atoms with Gasteiger partial charge in [-0.1, -0.05) is 33.1 Å². The minimum absolute atomic E-state index is 0.0721. The molecule has 7 heteroatoms. The van der Waals surface area contributed by atoms with Crippen LogP contribution in [0.4, 0.5) is 0 Å². The molecular weight excluding hydrogens is 434 g/mol. The molecule has 0 unspecified atom stereocenters. The summed E-state index contributed by atoms with van der Waals surface area (Å²) in [6.07, 6.45) is 4.57. The highest BCUT2D eigenvalue weighted by atomic mass is 79.9. The Hall–Kier alpha value is -2.15. The molecule has 0 aliphatic carbocycles. The fourth-order valence-electron chi connectivity index (χ4n) is 3.10. The summed E-state index contributed by atoms with van der Waals surface area (Å²) in [6, 6.07) is 7.20. The second-order valence-corrected chi connectivity index (χ2v) is 7.85. The fraction of sp³-hybridized carbons (Fsp3) is 0.500. The summed E-state index contributed by atoms with van der Waals surface area (Å²) in [6.45, 7) is 8.95. The number of hydrogen-bond donors (Lipinski definition) is 1. The van der Waals surface area contributed by atoms with Crippen molar-refractivity contribution in [3.63, 3.8) is 0 Å². The molecule has 0 fully saturated rings. The molecule has 0 aliphatic heterocycles. The second kappa shape index (κ2) is 11.1. The molecule has 0 radical (unpaired) electrons. The van der Waals surface area contributed by atoms with Gasteiger partial charge in [0.1, 0.15) is 0 Å². The minimum atomic E-state index is -0.467. The highest BCUT2D eigenvalue weighted by Crippen LogP contribution is 2.24. The van der Waals surface area contributed by atoms with Crippen LogP contribution < -0.4 is 5.32 Å². The van der Waals surface area contributed by atoms with Gasteiger partial charge in [0.25, 0.3) is 5.91 Å². The van der Waals surface area contributed by atoms with E-state index in [4.69, 9.17) is 4.74 Å². The molecule has 0 spiro atoms. The highest BCUT2D eigenvalue weighted by molar-refractivity contribution is 9.10. The van der Waals surface area contributed by atoms with Crippen LogP contribution in [-0.4, -0.2) is 34.8 Å². The summed E-state index contributed by atoms with van der Waals surface area (Å²) in [5.74, 6) is -0.0219. The molecule has 0 aliphatic rings. The van der Waals surface area contributed by atoms with Crippen molar-refractivity contribution < 1.29 is 14.3 Å². The maximum atomic E-state index is 12.5. The maximum Gasteiger partial charge on any atom is 0.360 e. The van der Waals surface area contributed by atoms with Crippen LogP contribution in [0.15, 0.2) is 28.7 Å². The number of unbranched alkanes of at least 4 members (excludes halogenated alkanes) is 1. The fourth-order valence-corrected chi connectivity index (χ4v) is 3.51. The summed E-state index contributed by atoms with van der Waals surface area (Å²) < 4.78 is 7.32. The van der Waals surface area contributed by atoms with Gasteiger partial charge in [-0.3, -0.25) is 4.79 Å². The molecular formula is C22H30BrN3O3. The van der Waals surface area contributed by atoms with Gasteiger partial charge in [0.05, 0.1) is 22.5 Å². The Labute approximate surface area is 181 Å². The zero-order valence-electron chi connectivity index (χ0n) is 17.6. The number of benzene rings is 1. The number of carbonyl (C=O) groups is 2. The monoisotopic (exact) mass is 463 g/mol. The van der Waals surface area contributed by atoms with E-state index in [1.807, 2.05) is 19.1 Å². The molecule has 1 N–H and O–H groups in total. The molecule has 0 bridgehead atoms. The zero-order chi connectivity index (χ0) is 21.4. The Balaban J connectivity index is 2.09. The van der Waals surface area contributed by atoms with Gasteiger partial charge in [-0.25, -0.2) is 9.48 Å². The van der Waals surface area contributed by atoms with Gasteiger partial charge in [0, 0.05) is 12.1 Å². The number of carbonyl (C=O) groups excluding carboxylic acids is 2. The van der Waals surface area contributed by atoms with Crippen LogP contribution in [0.5, 0.6) is 0 Å². The van der Waals surface area contributed by atoms with Crippen molar-refractivity contribution in [2.24, 2.45) is 5.92 Å². The molecule has 29 heavy (non-hydrogen) atoms. The number of halogens is 1. The van der Waals surface area contributed by atoms with Crippen LogP contribution in [-0.2, 0) is 4.74 Å². The molecule has 1 aromatic carbocycles. The lowest BCUT2D eigenvalue weighted by atomic mass is 9.99. The topological polar surface area (TPSA) is 73.2 Å². The van der Waals surface area contributed by atoms with Gasteiger partial charge in [-0.2, -0.15) is 5.10 Å². The third kappa shape index (κ3) is 5.92. The van der Waals surface area contributed by atoms with Gasteiger partial charge >= 0.3 is 5.97 Å². The van der Waals surface area contributed by atoms with Crippen LogP contribution in [0.2, 0.25) is 0 Å². The molecule has 1 aromatic heterocycles. The molecule has 2 aromatic rings. The van der Waals surface area contributed by atoms with Crippen molar-refractivity contribution in [3.05, 3.63) is 45.7 Å². The van der Waals surface area contributed by atoms with E-state index in [9.17, 15) is 9.59 Å². The normalized spacial score (nSPS) is 11.9. The van der Waals surface area contributed by atoms with Gasteiger partial charge in [0.15, 0.2) is 5.69 Å². The largest absolute Gasteiger partial charge is 0.461 e. The Kier molecular flexibility index (Phi) is 8.89. The van der Waals surface area contributed by atoms with Gasteiger partial charge < -0.3 is 10.1 Å². The minimum Gasteiger partial charge on any atom is -0.461 e. The molecule has 158 valence electrons. The summed E-state index contributed by atoms with van der Waals surface area (Å²) in [5, 5.41) is 7.41. The van der Waals surface area contributed by atoms with Crippen molar-refractivity contribution in [1.29, 1.82) is 0 Å². The molecule has 2 rings (SSSR count). The quantitative estimate of drug-likeness (QED) is 0.499. The molecule has 1 amide bonds. The molecule has 0 saturated heterocycles. The lowest BCUT2D eigenvalue weighted by Crippen LogP contribution is -2.29. The Morgan fingerprint density at radius 1 is 1.21 bits per heavy atom. The molecule has 1 atom stereocenters. The average molecular weight is 464 g/mol. The summed E-state index contributed by atoms with van der Waals surface area (Å²) in [5.41, 5.74) is 2.40. The second-order valence-electron chi connectivity index (χ2n) is 7.05. The van der Waals surface area contributed by atoms with E-state index < -0.39 is 5.97 Å². The van der Waals surface area contributed by atoms with E-state index in [0.29, 0.717) is 29.1 Å². The zero-order valence-corrected chi connectivity index (χ0v) is 19.2. The number of nitrogens with one attached hydrogen (secondary N) is 1. The van der Waals surface area contributed by atoms with Crippen molar-refractivity contribution in [3.8, 4) is 5.69 Å². The number of esters is 1. The molecule has 1 heterocycles. The first-order valence-corrected chi connectivity index (χ1v) is 11.0. The number of amides is 1. The SMILES string of the molecule is CCCC[C@H](CC)CNC(=O)c1ccc(-n2nc(C(=O)OCC)c(Br)c2C)cc1. The first-order chi connectivity index (χ1) is 13.9. The van der Waals surface area contributed by atoms with Crippen LogP contribution in [0.25, 0.3) is 5.69 Å². The van der Waals surface area contributed by atoms with Crippen molar-refractivity contribution in [2.75, 3.05) is 13.2 Å². The third-order valence-corrected chi connectivity index (χ3v) is 5.93. The lowest BCUT2D eigenvalue weighted by Gasteiger charge is -2.15. The standard InChI is InChI=1S/C22H30BrN3O3/c1-5-8-9-16(6-2)14-24-21(27)17-10-12-18(13-11-17)26-15(4)19(23)20(25-26)22(28)29-7-3/h10-13,16H,5-9,14H2,1-4H3,(H,24,27)/t16-/m0/s1.